The first-order valence-corrected chi connectivity index (χ1v) is 3.35. The van der Waals surface area contributed by atoms with Crippen LogP contribution >= 0.6 is 0 Å². The summed E-state index contributed by atoms with van der Waals surface area (Å²) in [4.78, 5) is 0. The second kappa shape index (κ2) is 1.87. The maximum atomic E-state index is 9.29. The Labute approximate surface area is 59.6 Å². The van der Waals surface area contributed by atoms with Gasteiger partial charge in [-0.25, -0.2) is 0 Å². The van der Waals surface area contributed by atoms with Crippen molar-refractivity contribution >= 4 is 6.08 Å². The summed E-state index contributed by atoms with van der Waals surface area (Å²) >= 11 is 0. The quantitative estimate of drug-likeness (QED) is 0.572. The number of hydrogen-bond donors (Lipinski definition) is 1. The van der Waals surface area contributed by atoms with Gasteiger partial charge in [0.25, 0.3) is 0 Å². The summed E-state index contributed by atoms with van der Waals surface area (Å²) in [5, 5.41) is 9.29. The molecule has 0 saturated heterocycles. The lowest BCUT2D eigenvalue weighted by Crippen LogP contribution is -1.80. The standard InChI is InChI=1S/C9H8O/c10-9-6-2-4-7-3-1-5-8(7)9/h1-4,6,10H,5H2. The summed E-state index contributed by atoms with van der Waals surface area (Å²) in [7, 11) is 0. The highest BCUT2D eigenvalue weighted by Crippen LogP contribution is 2.26. The second-order valence-electron chi connectivity index (χ2n) is 2.45. The number of allylic oxidation sites excluding steroid dienone is 1. The molecule has 50 valence electrons. The lowest BCUT2D eigenvalue weighted by atomic mass is 10.1. The van der Waals surface area contributed by atoms with Crippen LogP contribution in [-0.4, -0.2) is 5.11 Å². The molecule has 0 amide bonds. The average Bonchev–Trinajstić information content (AvgIpc) is 2.36. The summed E-state index contributed by atoms with van der Waals surface area (Å²) in [6.45, 7) is 0. The smallest absolute Gasteiger partial charge is 0.119 e. The number of hydrogen-bond acceptors (Lipinski definition) is 1. The van der Waals surface area contributed by atoms with Crippen LogP contribution in [0.15, 0.2) is 24.3 Å². The predicted molar refractivity (Wildman–Crippen MR) is 40.8 cm³/mol. The van der Waals surface area contributed by atoms with Crippen LogP contribution in [0, 0.1) is 0 Å². The zero-order valence-corrected chi connectivity index (χ0v) is 5.54. The largest absolute Gasteiger partial charge is 0.508 e. The maximum absolute atomic E-state index is 9.29. The number of rotatable bonds is 0. The minimum absolute atomic E-state index is 0.419. The van der Waals surface area contributed by atoms with Gasteiger partial charge in [-0.15, -0.1) is 0 Å². The van der Waals surface area contributed by atoms with Crippen LogP contribution in [-0.2, 0) is 6.42 Å². The summed E-state index contributed by atoms with van der Waals surface area (Å²) in [5.74, 6) is 0.419. The van der Waals surface area contributed by atoms with Crippen molar-refractivity contribution in [2.75, 3.05) is 0 Å². The van der Waals surface area contributed by atoms with E-state index >= 15 is 0 Å². The van der Waals surface area contributed by atoms with Crippen molar-refractivity contribution in [3.05, 3.63) is 35.4 Å². The molecule has 1 aliphatic rings. The van der Waals surface area contributed by atoms with Gasteiger partial charge in [-0.3, -0.25) is 0 Å². The van der Waals surface area contributed by atoms with Crippen molar-refractivity contribution in [2.45, 2.75) is 6.42 Å². The van der Waals surface area contributed by atoms with Gasteiger partial charge in [0.1, 0.15) is 5.75 Å². The van der Waals surface area contributed by atoms with Crippen LogP contribution in [0.4, 0.5) is 0 Å². The minimum atomic E-state index is 0.419. The van der Waals surface area contributed by atoms with Gasteiger partial charge in [0.15, 0.2) is 0 Å². The zero-order valence-electron chi connectivity index (χ0n) is 5.54. The van der Waals surface area contributed by atoms with Crippen LogP contribution in [0.1, 0.15) is 11.1 Å². The van der Waals surface area contributed by atoms with E-state index in [1.165, 1.54) is 0 Å². The fraction of sp³-hybridized carbons (Fsp3) is 0.111. The molecule has 1 aliphatic carbocycles. The molecular weight excluding hydrogens is 124 g/mol. The van der Waals surface area contributed by atoms with Crippen molar-refractivity contribution in [1.82, 2.24) is 0 Å². The fourth-order valence-electron chi connectivity index (χ4n) is 1.27. The van der Waals surface area contributed by atoms with E-state index < -0.39 is 0 Å². The molecule has 0 aliphatic heterocycles. The van der Waals surface area contributed by atoms with Gasteiger partial charge in [0.05, 0.1) is 0 Å². The molecule has 0 bridgehead atoms. The van der Waals surface area contributed by atoms with E-state index in [2.05, 4.69) is 6.08 Å². The summed E-state index contributed by atoms with van der Waals surface area (Å²) < 4.78 is 0. The van der Waals surface area contributed by atoms with E-state index in [1.807, 2.05) is 18.2 Å². The van der Waals surface area contributed by atoms with Crippen LogP contribution in [0.5, 0.6) is 5.75 Å². The van der Waals surface area contributed by atoms with Crippen LogP contribution in [0.3, 0.4) is 0 Å². The van der Waals surface area contributed by atoms with Gasteiger partial charge >= 0.3 is 0 Å². The maximum Gasteiger partial charge on any atom is 0.119 e. The van der Waals surface area contributed by atoms with E-state index in [0.717, 1.165) is 17.5 Å². The highest BCUT2D eigenvalue weighted by atomic mass is 16.3. The Morgan fingerprint density at radius 2 is 2.20 bits per heavy atom. The molecule has 1 aromatic carbocycles. The highest BCUT2D eigenvalue weighted by molar-refractivity contribution is 5.63. The summed E-state index contributed by atoms with van der Waals surface area (Å²) in [6.07, 6.45) is 4.97. The molecule has 1 nitrogen and oxygen atoms in total. The number of fused-ring (bicyclic) bond motifs is 1. The van der Waals surface area contributed by atoms with Crippen molar-refractivity contribution in [3.63, 3.8) is 0 Å². The first-order chi connectivity index (χ1) is 4.88. The molecule has 0 saturated carbocycles. The van der Waals surface area contributed by atoms with Crippen molar-refractivity contribution in [2.24, 2.45) is 0 Å². The van der Waals surface area contributed by atoms with Gasteiger partial charge in [0.2, 0.25) is 0 Å². The van der Waals surface area contributed by atoms with Gasteiger partial charge < -0.3 is 5.11 Å². The molecule has 2 rings (SSSR count). The Bertz CT molecular complexity index is 287. The van der Waals surface area contributed by atoms with Crippen molar-refractivity contribution in [1.29, 1.82) is 0 Å². The van der Waals surface area contributed by atoms with E-state index in [-0.39, 0.29) is 0 Å². The van der Waals surface area contributed by atoms with Crippen LogP contribution < -0.4 is 0 Å². The number of benzene rings is 1. The van der Waals surface area contributed by atoms with Crippen LogP contribution in [0.2, 0.25) is 0 Å². The van der Waals surface area contributed by atoms with Crippen molar-refractivity contribution in [3.8, 4) is 5.75 Å². The Balaban J connectivity index is 2.66. The Kier molecular flexibility index (Phi) is 1.04. The van der Waals surface area contributed by atoms with E-state index in [4.69, 9.17) is 0 Å². The summed E-state index contributed by atoms with van der Waals surface area (Å²) in [6, 6.07) is 5.61. The first-order valence-electron chi connectivity index (χ1n) is 3.35. The molecule has 0 spiro atoms. The normalized spacial score (nSPS) is 13.6. The molecule has 0 fully saturated rings. The van der Waals surface area contributed by atoms with Crippen LogP contribution in [0.25, 0.3) is 6.08 Å². The molecule has 0 atom stereocenters. The lowest BCUT2D eigenvalue weighted by Gasteiger charge is -1.99. The average molecular weight is 132 g/mol. The minimum Gasteiger partial charge on any atom is -0.508 e. The van der Waals surface area contributed by atoms with E-state index in [9.17, 15) is 5.11 Å². The van der Waals surface area contributed by atoms with Crippen molar-refractivity contribution < 1.29 is 5.11 Å². The molecule has 0 unspecified atom stereocenters. The van der Waals surface area contributed by atoms with Gasteiger partial charge in [-0.2, -0.15) is 0 Å². The van der Waals surface area contributed by atoms with Gasteiger partial charge in [-0.05, 0) is 18.1 Å². The third kappa shape index (κ3) is 0.637. The monoisotopic (exact) mass is 132 g/mol. The Morgan fingerprint density at radius 1 is 1.30 bits per heavy atom. The molecule has 0 aromatic heterocycles. The topological polar surface area (TPSA) is 20.2 Å². The highest BCUT2D eigenvalue weighted by Gasteiger charge is 2.07. The molecule has 10 heavy (non-hydrogen) atoms. The molecule has 1 heteroatoms. The molecule has 1 aromatic rings. The number of aromatic hydroxyl groups is 1. The van der Waals surface area contributed by atoms with E-state index in [0.29, 0.717) is 5.75 Å². The SMILES string of the molecule is Oc1cccc2c1CC=C2. The molecular formula is C9H8O. The predicted octanol–water partition coefficient (Wildman–Crippen LogP) is 1.96. The molecule has 0 heterocycles. The fourth-order valence-corrected chi connectivity index (χ4v) is 1.27. The molecule has 0 radical (unpaired) electrons. The third-order valence-corrected chi connectivity index (χ3v) is 1.81. The van der Waals surface area contributed by atoms with Gasteiger partial charge in [0, 0.05) is 5.56 Å². The first kappa shape index (κ1) is 5.54. The Hall–Kier alpha value is -1.24. The Morgan fingerprint density at radius 3 is 3.00 bits per heavy atom. The lowest BCUT2D eigenvalue weighted by molar-refractivity contribution is 0.470. The second-order valence-corrected chi connectivity index (χ2v) is 2.45. The zero-order chi connectivity index (χ0) is 6.97. The summed E-state index contributed by atoms with van der Waals surface area (Å²) in [5.41, 5.74) is 2.21. The third-order valence-electron chi connectivity index (χ3n) is 1.81. The molecule has 1 N–H and O–H groups in total. The van der Waals surface area contributed by atoms with E-state index in [1.54, 1.807) is 6.07 Å². The number of phenols is 1. The van der Waals surface area contributed by atoms with Gasteiger partial charge in [-0.1, -0.05) is 24.3 Å². The number of phenolic OH excluding ortho intramolecular Hbond substituents is 1.